The first kappa shape index (κ1) is 16.3. The summed E-state index contributed by atoms with van der Waals surface area (Å²) in [5.41, 5.74) is 2.62. The number of ether oxygens (including phenoxy) is 2. The molecule has 0 spiro atoms. The Morgan fingerprint density at radius 3 is 2.10 bits per heavy atom. The van der Waals surface area contributed by atoms with Crippen LogP contribution in [0.3, 0.4) is 0 Å². The lowest BCUT2D eigenvalue weighted by Crippen LogP contribution is -2.03. The quantitative estimate of drug-likeness (QED) is 0.791. The van der Waals surface area contributed by atoms with Crippen LogP contribution in [0, 0.1) is 6.92 Å². The molecule has 0 saturated heterocycles. The van der Waals surface area contributed by atoms with E-state index in [2.05, 4.69) is 31.9 Å². The van der Waals surface area contributed by atoms with Crippen LogP contribution in [0.5, 0.6) is 11.5 Å². The molecule has 21 heavy (non-hydrogen) atoms. The second kappa shape index (κ2) is 6.81. The van der Waals surface area contributed by atoms with E-state index < -0.39 is 6.10 Å². The lowest BCUT2D eigenvalue weighted by Gasteiger charge is -2.18. The molecule has 2 aromatic carbocycles. The molecule has 0 radical (unpaired) electrons. The lowest BCUT2D eigenvalue weighted by molar-refractivity contribution is 0.218. The first-order chi connectivity index (χ1) is 9.97. The number of benzene rings is 2. The van der Waals surface area contributed by atoms with Crippen LogP contribution in [0.25, 0.3) is 0 Å². The van der Waals surface area contributed by atoms with Gasteiger partial charge in [-0.3, -0.25) is 0 Å². The Labute approximate surface area is 141 Å². The topological polar surface area (TPSA) is 38.7 Å². The van der Waals surface area contributed by atoms with Crippen LogP contribution in [0.2, 0.25) is 0 Å². The van der Waals surface area contributed by atoms with E-state index in [4.69, 9.17) is 9.47 Å². The number of aliphatic hydroxyl groups excluding tert-OH is 1. The fraction of sp³-hybridized carbons (Fsp3) is 0.250. The molecule has 5 heteroatoms. The summed E-state index contributed by atoms with van der Waals surface area (Å²) in [4.78, 5) is 0. The Balaban J connectivity index is 2.52. The van der Waals surface area contributed by atoms with Gasteiger partial charge in [0, 0.05) is 14.5 Å². The van der Waals surface area contributed by atoms with Gasteiger partial charge in [0.25, 0.3) is 0 Å². The minimum atomic E-state index is -0.770. The maximum absolute atomic E-state index is 10.7. The molecule has 1 atom stereocenters. The van der Waals surface area contributed by atoms with Crippen molar-refractivity contribution >= 4 is 31.9 Å². The van der Waals surface area contributed by atoms with E-state index in [1.807, 2.05) is 25.1 Å². The fourth-order valence-electron chi connectivity index (χ4n) is 2.12. The normalized spacial score (nSPS) is 12.1. The number of hydrogen-bond acceptors (Lipinski definition) is 3. The highest BCUT2D eigenvalue weighted by Crippen LogP contribution is 2.39. The summed E-state index contributed by atoms with van der Waals surface area (Å²) in [7, 11) is 3.15. The molecule has 0 aliphatic rings. The van der Waals surface area contributed by atoms with Gasteiger partial charge in [-0.1, -0.05) is 49.6 Å². The van der Waals surface area contributed by atoms with Crippen molar-refractivity contribution in [3.05, 3.63) is 56.0 Å². The Morgan fingerprint density at radius 2 is 1.48 bits per heavy atom. The minimum Gasteiger partial charge on any atom is -0.493 e. The second-order valence-electron chi connectivity index (χ2n) is 4.66. The maximum Gasteiger partial charge on any atom is 0.161 e. The SMILES string of the molecule is COc1cc(Br)c(C(O)c2cc(C)ccc2Br)cc1OC. The molecule has 0 aliphatic heterocycles. The molecule has 0 amide bonds. The van der Waals surface area contributed by atoms with Crippen LogP contribution < -0.4 is 9.47 Å². The van der Waals surface area contributed by atoms with Gasteiger partial charge in [0.2, 0.25) is 0 Å². The van der Waals surface area contributed by atoms with Gasteiger partial charge < -0.3 is 14.6 Å². The number of aryl methyl sites for hydroxylation is 1. The smallest absolute Gasteiger partial charge is 0.161 e. The van der Waals surface area contributed by atoms with Crippen molar-refractivity contribution in [3.8, 4) is 11.5 Å². The molecular weight excluding hydrogens is 400 g/mol. The predicted octanol–water partition coefficient (Wildman–Crippen LogP) is 4.62. The molecule has 0 aromatic heterocycles. The van der Waals surface area contributed by atoms with Gasteiger partial charge in [-0.15, -0.1) is 0 Å². The van der Waals surface area contributed by atoms with Gasteiger partial charge in [0.05, 0.1) is 14.2 Å². The molecular formula is C16H16Br2O3. The Kier molecular flexibility index (Phi) is 5.30. The van der Waals surface area contributed by atoms with Crippen LogP contribution in [0.4, 0.5) is 0 Å². The van der Waals surface area contributed by atoms with E-state index in [0.717, 1.165) is 25.6 Å². The van der Waals surface area contributed by atoms with E-state index in [0.29, 0.717) is 11.5 Å². The lowest BCUT2D eigenvalue weighted by atomic mass is 9.99. The average molecular weight is 416 g/mol. The average Bonchev–Trinajstić information content (AvgIpc) is 2.48. The molecule has 0 aliphatic carbocycles. The predicted molar refractivity (Wildman–Crippen MR) is 90.2 cm³/mol. The summed E-state index contributed by atoms with van der Waals surface area (Å²) in [5.74, 6) is 1.20. The van der Waals surface area contributed by atoms with Crippen LogP contribution in [0.15, 0.2) is 39.3 Å². The number of hydrogen-bond donors (Lipinski definition) is 1. The third-order valence-electron chi connectivity index (χ3n) is 3.24. The second-order valence-corrected chi connectivity index (χ2v) is 6.36. The maximum atomic E-state index is 10.7. The van der Waals surface area contributed by atoms with Gasteiger partial charge in [0.15, 0.2) is 11.5 Å². The summed E-state index contributed by atoms with van der Waals surface area (Å²) in [6, 6.07) is 9.45. The van der Waals surface area contributed by atoms with Crippen LogP contribution in [0.1, 0.15) is 22.8 Å². The zero-order valence-corrected chi connectivity index (χ0v) is 15.2. The van der Waals surface area contributed by atoms with E-state index in [9.17, 15) is 5.11 Å². The number of aliphatic hydroxyl groups is 1. The van der Waals surface area contributed by atoms with Crippen molar-refractivity contribution in [2.24, 2.45) is 0 Å². The molecule has 2 aromatic rings. The van der Waals surface area contributed by atoms with Crippen molar-refractivity contribution in [2.75, 3.05) is 14.2 Å². The molecule has 1 unspecified atom stereocenters. The molecule has 2 rings (SSSR count). The molecule has 1 N–H and O–H groups in total. The monoisotopic (exact) mass is 414 g/mol. The molecule has 0 bridgehead atoms. The molecule has 0 heterocycles. The van der Waals surface area contributed by atoms with Crippen molar-refractivity contribution in [1.29, 1.82) is 0 Å². The third kappa shape index (κ3) is 3.42. The molecule has 0 saturated carbocycles. The summed E-state index contributed by atoms with van der Waals surface area (Å²) in [5, 5.41) is 10.7. The van der Waals surface area contributed by atoms with E-state index in [-0.39, 0.29) is 0 Å². The third-order valence-corrected chi connectivity index (χ3v) is 4.65. The number of halogens is 2. The fourth-order valence-corrected chi connectivity index (χ4v) is 3.12. The highest BCUT2D eigenvalue weighted by molar-refractivity contribution is 9.10. The number of methoxy groups -OCH3 is 2. The van der Waals surface area contributed by atoms with Crippen molar-refractivity contribution in [3.63, 3.8) is 0 Å². The van der Waals surface area contributed by atoms with Gasteiger partial charge in [-0.25, -0.2) is 0 Å². The van der Waals surface area contributed by atoms with E-state index >= 15 is 0 Å². The summed E-state index contributed by atoms with van der Waals surface area (Å²) in [6.45, 7) is 1.99. The van der Waals surface area contributed by atoms with Gasteiger partial charge >= 0.3 is 0 Å². The van der Waals surface area contributed by atoms with Crippen LogP contribution in [-0.2, 0) is 0 Å². The Morgan fingerprint density at radius 1 is 0.905 bits per heavy atom. The molecule has 112 valence electrons. The highest BCUT2D eigenvalue weighted by atomic mass is 79.9. The van der Waals surface area contributed by atoms with Crippen molar-refractivity contribution in [1.82, 2.24) is 0 Å². The van der Waals surface area contributed by atoms with Gasteiger partial charge in [0.1, 0.15) is 6.10 Å². The van der Waals surface area contributed by atoms with Gasteiger partial charge in [-0.2, -0.15) is 0 Å². The van der Waals surface area contributed by atoms with Crippen molar-refractivity contribution in [2.45, 2.75) is 13.0 Å². The Bertz CT molecular complexity index is 656. The van der Waals surface area contributed by atoms with E-state index in [1.54, 1.807) is 26.4 Å². The molecule has 3 nitrogen and oxygen atoms in total. The standard InChI is InChI=1S/C16H16Br2O3/c1-9-4-5-12(17)10(6-9)16(19)11-7-14(20-2)15(21-3)8-13(11)18/h4-8,16,19H,1-3H3. The van der Waals surface area contributed by atoms with Crippen LogP contribution >= 0.6 is 31.9 Å². The zero-order valence-electron chi connectivity index (χ0n) is 12.0. The van der Waals surface area contributed by atoms with E-state index in [1.165, 1.54) is 0 Å². The first-order valence-electron chi connectivity index (χ1n) is 6.33. The summed E-state index contributed by atoms with van der Waals surface area (Å²) >= 11 is 6.97. The number of rotatable bonds is 4. The Hall–Kier alpha value is -1.04. The summed E-state index contributed by atoms with van der Waals surface area (Å²) in [6.07, 6.45) is -0.770. The van der Waals surface area contributed by atoms with Gasteiger partial charge in [-0.05, 0) is 30.7 Å². The first-order valence-corrected chi connectivity index (χ1v) is 7.92. The zero-order chi connectivity index (χ0) is 15.6. The van der Waals surface area contributed by atoms with Crippen LogP contribution in [-0.4, -0.2) is 19.3 Å². The summed E-state index contributed by atoms with van der Waals surface area (Å²) < 4.78 is 12.2. The molecule has 0 fully saturated rings. The van der Waals surface area contributed by atoms with Crippen molar-refractivity contribution < 1.29 is 14.6 Å². The largest absolute Gasteiger partial charge is 0.493 e. The minimum absolute atomic E-state index is 0.582. The highest BCUT2D eigenvalue weighted by Gasteiger charge is 2.19.